The van der Waals surface area contributed by atoms with Crippen LogP contribution in [0.2, 0.25) is 0 Å². The fourth-order valence-corrected chi connectivity index (χ4v) is 2.36. The number of carbonyl (C=O) groups excluding carboxylic acids is 1. The number of halogens is 2. The Bertz CT molecular complexity index is 310. The van der Waals surface area contributed by atoms with E-state index in [-0.39, 0.29) is 24.8 Å². The summed E-state index contributed by atoms with van der Waals surface area (Å²) in [6.45, 7) is 1.76. The van der Waals surface area contributed by atoms with Crippen molar-refractivity contribution in [1.82, 2.24) is 5.32 Å². The van der Waals surface area contributed by atoms with Crippen molar-refractivity contribution in [3.05, 3.63) is 0 Å². The molecule has 1 saturated carbocycles. The molecule has 0 aliphatic heterocycles. The lowest BCUT2D eigenvalue weighted by Gasteiger charge is -2.28. The first-order chi connectivity index (χ1) is 7.80. The molecule has 3 N–H and O–H groups in total. The van der Waals surface area contributed by atoms with Crippen LogP contribution in [0.25, 0.3) is 0 Å². The zero-order chi connectivity index (χ0) is 13.1. The summed E-state index contributed by atoms with van der Waals surface area (Å²) in [6.07, 6.45) is 0.859. The minimum Gasteiger partial charge on any atom is -0.393 e. The van der Waals surface area contributed by atoms with Gasteiger partial charge in [-0.15, -0.1) is 0 Å². The number of nitrogens with one attached hydrogen (secondary N) is 1. The minimum atomic E-state index is -2.70. The second-order valence-electron chi connectivity index (χ2n) is 4.73. The molecule has 1 fully saturated rings. The van der Waals surface area contributed by atoms with Crippen LogP contribution in [0.15, 0.2) is 0 Å². The fourth-order valence-electron chi connectivity index (χ4n) is 2.11. The Morgan fingerprint density at radius 3 is 2.82 bits per heavy atom. The smallest absolute Gasteiger partial charge is 0.248 e. The zero-order valence-corrected chi connectivity index (χ0v) is 10.7. The number of carbonyl (C=O) groups is 1. The van der Waals surface area contributed by atoms with E-state index in [4.69, 9.17) is 18.0 Å². The topological polar surface area (TPSA) is 55.1 Å². The molecule has 1 amide bonds. The Morgan fingerprint density at radius 1 is 1.65 bits per heavy atom. The number of alkyl halides is 2. The highest BCUT2D eigenvalue weighted by Gasteiger charge is 2.39. The molecular formula is C11H18F2N2OS. The molecule has 1 aliphatic rings. The predicted octanol–water partition coefficient (Wildman–Crippen LogP) is 1.99. The predicted molar refractivity (Wildman–Crippen MR) is 65.9 cm³/mol. The van der Waals surface area contributed by atoms with Crippen LogP contribution < -0.4 is 11.1 Å². The van der Waals surface area contributed by atoms with E-state index in [9.17, 15) is 13.6 Å². The van der Waals surface area contributed by atoms with Gasteiger partial charge >= 0.3 is 0 Å². The molecule has 6 heteroatoms. The number of amides is 1. The summed E-state index contributed by atoms with van der Waals surface area (Å²) >= 11 is 4.72. The van der Waals surface area contributed by atoms with Gasteiger partial charge < -0.3 is 11.1 Å². The minimum absolute atomic E-state index is 0.112. The second-order valence-corrected chi connectivity index (χ2v) is 5.25. The lowest BCUT2D eigenvalue weighted by atomic mass is 9.86. The summed E-state index contributed by atoms with van der Waals surface area (Å²) in [6, 6.07) is -0.199. The molecule has 0 heterocycles. The lowest BCUT2D eigenvalue weighted by Crippen LogP contribution is -2.42. The van der Waals surface area contributed by atoms with Crippen LogP contribution in [-0.2, 0) is 4.79 Å². The quantitative estimate of drug-likeness (QED) is 0.764. The molecule has 0 saturated heterocycles. The standard InChI is InChI=1S/C11H18F2N2OS/c1-7(5-9(14)17)15-10(16)8-3-2-4-11(12,13)6-8/h7-8H,2-6H2,1H3,(H2,14,17)(H,15,16). The average molecular weight is 264 g/mol. The van der Waals surface area contributed by atoms with Crippen LogP contribution in [0.3, 0.4) is 0 Å². The SMILES string of the molecule is CC(CC(N)=S)NC(=O)C1CCCC(F)(F)C1. The van der Waals surface area contributed by atoms with Crippen molar-refractivity contribution in [3.8, 4) is 0 Å². The van der Waals surface area contributed by atoms with E-state index in [0.29, 0.717) is 24.3 Å². The van der Waals surface area contributed by atoms with Crippen molar-refractivity contribution in [3.63, 3.8) is 0 Å². The summed E-state index contributed by atoms with van der Waals surface area (Å²) in [5.41, 5.74) is 5.35. The summed E-state index contributed by atoms with van der Waals surface area (Å²) in [5, 5.41) is 2.68. The van der Waals surface area contributed by atoms with Gasteiger partial charge in [0.2, 0.25) is 11.8 Å². The summed E-state index contributed by atoms with van der Waals surface area (Å²) in [7, 11) is 0. The summed E-state index contributed by atoms with van der Waals surface area (Å²) in [5.74, 6) is -3.60. The third-order valence-corrected chi connectivity index (χ3v) is 3.07. The lowest BCUT2D eigenvalue weighted by molar-refractivity contribution is -0.132. The Kier molecular flexibility index (Phi) is 4.80. The van der Waals surface area contributed by atoms with Gasteiger partial charge in [0.1, 0.15) is 0 Å². The van der Waals surface area contributed by atoms with Crippen LogP contribution in [0.1, 0.15) is 39.0 Å². The van der Waals surface area contributed by atoms with Crippen LogP contribution >= 0.6 is 12.2 Å². The number of hydrogen-bond donors (Lipinski definition) is 2. The van der Waals surface area contributed by atoms with E-state index in [1.54, 1.807) is 6.92 Å². The Morgan fingerprint density at radius 2 is 2.29 bits per heavy atom. The first kappa shape index (κ1) is 14.3. The van der Waals surface area contributed by atoms with E-state index in [1.165, 1.54) is 0 Å². The molecule has 0 spiro atoms. The molecule has 1 aliphatic carbocycles. The van der Waals surface area contributed by atoms with Crippen molar-refractivity contribution in [1.29, 1.82) is 0 Å². The van der Waals surface area contributed by atoms with Gasteiger partial charge in [0.25, 0.3) is 0 Å². The van der Waals surface area contributed by atoms with Gasteiger partial charge in [-0.25, -0.2) is 8.78 Å². The highest BCUT2D eigenvalue weighted by atomic mass is 32.1. The molecule has 0 radical (unpaired) electrons. The van der Waals surface area contributed by atoms with Crippen LogP contribution in [0.5, 0.6) is 0 Å². The van der Waals surface area contributed by atoms with Crippen molar-refractivity contribution in [2.24, 2.45) is 11.7 Å². The largest absolute Gasteiger partial charge is 0.393 e. The molecule has 0 aromatic rings. The van der Waals surface area contributed by atoms with Gasteiger partial charge in [0, 0.05) is 31.2 Å². The molecule has 0 aromatic heterocycles. The molecule has 0 aromatic carbocycles. The van der Waals surface area contributed by atoms with Gasteiger partial charge in [-0.2, -0.15) is 0 Å². The molecule has 0 bridgehead atoms. The fraction of sp³-hybridized carbons (Fsp3) is 0.818. The van der Waals surface area contributed by atoms with Crippen LogP contribution in [0.4, 0.5) is 8.78 Å². The van der Waals surface area contributed by atoms with E-state index in [1.807, 2.05) is 0 Å². The van der Waals surface area contributed by atoms with Gasteiger partial charge in [-0.1, -0.05) is 12.2 Å². The highest BCUT2D eigenvalue weighted by molar-refractivity contribution is 7.80. The van der Waals surface area contributed by atoms with E-state index < -0.39 is 11.8 Å². The van der Waals surface area contributed by atoms with E-state index >= 15 is 0 Å². The van der Waals surface area contributed by atoms with E-state index in [2.05, 4.69) is 5.32 Å². The van der Waals surface area contributed by atoms with Crippen molar-refractivity contribution in [2.45, 2.75) is 51.0 Å². The average Bonchev–Trinajstić information content (AvgIpc) is 2.14. The maximum atomic E-state index is 13.1. The zero-order valence-electron chi connectivity index (χ0n) is 9.84. The Labute approximate surface area is 105 Å². The number of nitrogens with two attached hydrogens (primary N) is 1. The first-order valence-corrected chi connectivity index (χ1v) is 6.17. The number of rotatable bonds is 4. The summed E-state index contributed by atoms with van der Waals surface area (Å²) in [4.78, 5) is 12.1. The first-order valence-electron chi connectivity index (χ1n) is 5.76. The second kappa shape index (κ2) is 5.71. The number of hydrogen-bond acceptors (Lipinski definition) is 2. The van der Waals surface area contributed by atoms with Crippen molar-refractivity contribution < 1.29 is 13.6 Å². The molecular weight excluding hydrogens is 246 g/mol. The van der Waals surface area contributed by atoms with Crippen molar-refractivity contribution in [2.75, 3.05) is 0 Å². The monoisotopic (exact) mass is 264 g/mol. The van der Waals surface area contributed by atoms with Crippen LogP contribution in [0, 0.1) is 5.92 Å². The molecule has 1 rings (SSSR count). The third-order valence-electron chi connectivity index (χ3n) is 2.91. The molecule has 2 unspecified atom stereocenters. The number of thiocarbonyl (C=S) groups is 1. The summed E-state index contributed by atoms with van der Waals surface area (Å²) < 4.78 is 26.3. The maximum Gasteiger partial charge on any atom is 0.248 e. The van der Waals surface area contributed by atoms with Gasteiger partial charge in [0.05, 0.1) is 4.99 Å². The Balaban J connectivity index is 2.44. The third kappa shape index (κ3) is 4.93. The normalized spacial score (nSPS) is 25.0. The Hall–Kier alpha value is -0.780. The van der Waals surface area contributed by atoms with Crippen LogP contribution in [-0.4, -0.2) is 22.9 Å². The van der Waals surface area contributed by atoms with Gasteiger partial charge in [0.15, 0.2) is 0 Å². The molecule has 17 heavy (non-hydrogen) atoms. The van der Waals surface area contributed by atoms with Gasteiger partial charge in [-0.05, 0) is 19.8 Å². The van der Waals surface area contributed by atoms with E-state index in [0.717, 1.165) is 0 Å². The van der Waals surface area contributed by atoms with Gasteiger partial charge in [-0.3, -0.25) is 4.79 Å². The molecule has 98 valence electrons. The molecule has 3 nitrogen and oxygen atoms in total. The van der Waals surface area contributed by atoms with Crippen molar-refractivity contribution >= 4 is 23.1 Å². The maximum absolute atomic E-state index is 13.1. The highest BCUT2D eigenvalue weighted by Crippen LogP contribution is 2.36. The molecule has 2 atom stereocenters.